The second kappa shape index (κ2) is 6.04. The summed E-state index contributed by atoms with van der Waals surface area (Å²) in [5, 5.41) is 11.2. The number of carbonyl (C=O) groups is 2. The lowest BCUT2D eigenvalue weighted by Gasteiger charge is -2.08. The molecule has 9 nitrogen and oxygen atoms in total. The van der Waals surface area contributed by atoms with Crippen molar-refractivity contribution in [1.29, 1.82) is 0 Å². The molecule has 0 unspecified atom stereocenters. The molecule has 0 fully saturated rings. The fourth-order valence-electron chi connectivity index (χ4n) is 1.86. The van der Waals surface area contributed by atoms with Crippen molar-refractivity contribution < 1.29 is 24.0 Å². The molecule has 0 aliphatic heterocycles. The molecule has 0 N–H and O–H groups in total. The highest BCUT2D eigenvalue weighted by Crippen LogP contribution is 2.26. The molecule has 0 aliphatic rings. The largest absolute Gasteiger partial charge is 0.465 e. The van der Waals surface area contributed by atoms with Crippen molar-refractivity contribution in [2.75, 3.05) is 14.2 Å². The summed E-state index contributed by atoms with van der Waals surface area (Å²) in [6.45, 7) is 0. The van der Waals surface area contributed by atoms with Crippen LogP contribution in [0.5, 0.6) is 0 Å². The lowest BCUT2D eigenvalue weighted by Crippen LogP contribution is -2.12. The van der Waals surface area contributed by atoms with Crippen molar-refractivity contribution in [3.8, 4) is 5.69 Å². The van der Waals surface area contributed by atoms with Crippen LogP contribution in [0.1, 0.15) is 21.0 Å². The predicted molar refractivity (Wildman–Crippen MR) is 72.9 cm³/mol. The van der Waals surface area contributed by atoms with Gasteiger partial charge in [-0.05, 0) is 12.1 Å². The van der Waals surface area contributed by atoms with Crippen LogP contribution in [0.2, 0.25) is 0 Å². The van der Waals surface area contributed by atoms with Gasteiger partial charge in [0.05, 0.1) is 24.7 Å². The molecular weight excluding hydrogens is 294 g/mol. The summed E-state index contributed by atoms with van der Waals surface area (Å²) in [7, 11) is 2.35. The molecule has 22 heavy (non-hydrogen) atoms. The molecule has 2 rings (SSSR count). The lowest BCUT2D eigenvalue weighted by atomic mass is 10.1. The van der Waals surface area contributed by atoms with E-state index in [2.05, 4.69) is 14.5 Å². The van der Waals surface area contributed by atoms with Gasteiger partial charge in [0.1, 0.15) is 5.69 Å². The van der Waals surface area contributed by atoms with Crippen molar-refractivity contribution in [2.45, 2.75) is 0 Å². The van der Waals surface area contributed by atoms with Gasteiger partial charge in [0.15, 0.2) is 0 Å². The maximum atomic E-state index is 11.6. The van der Waals surface area contributed by atoms with E-state index in [4.69, 9.17) is 0 Å². The first-order valence-corrected chi connectivity index (χ1v) is 5.98. The Morgan fingerprint density at radius 3 is 2.50 bits per heavy atom. The van der Waals surface area contributed by atoms with Crippen LogP contribution in [-0.2, 0) is 9.47 Å². The number of ether oxygens (including phenoxy) is 2. The summed E-state index contributed by atoms with van der Waals surface area (Å²) in [5.74, 6) is -1.55. The molecule has 1 aromatic carbocycles. The Morgan fingerprint density at radius 1 is 1.23 bits per heavy atom. The van der Waals surface area contributed by atoms with E-state index in [0.29, 0.717) is 0 Å². The molecule has 1 heterocycles. The van der Waals surface area contributed by atoms with Crippen LogP contribution in [0.3, 0.4) is 0 Å². The highest BCUT2D eigenvalue weighted by Gasteiger charge is 2.23. The van der Waals surface area contributed by atoms with E-state index >= 15 is 0 Å². The predicted octanol–water partition coefficient (Wildman–Crippen LogP) is 1.35. The minimum Gasteiger partial charge on any atom is -0.465 e. The first-order chi connectivity index (χ1) is 10.5. The summed E-state index contributed by atoms with van der Waals surface area (Å²) in [4.78, 5) is 37.5. The molecular formula is C13H11N3O6. The quantitative estimate of drug-likeness (QED) is 0.476. The number of hydrogen-bond donors (Lipinski definition) is 0. The normalized spacial score (nSPS) is 10.1. The number of nitrogens with zero attached hydrogens (tertiary/aromatic N) is 3. The van der Waals surface area contributed by atoms with Crippen molar-refractivity contribution in [3.63, 3.8) is 0 Å². The van der Waals surface area contributed by atoms with Gasteiger partial charge in [0.25, 0.3) is 5.69 Å². The highest BCUT2D eigenvalue weighted by molar-refractivity contribution is 5.91. The minimum absolute atomic E-state index is 0.0256. The Bertz CT molecular complexity index is 752. The molecule has 0 bridgehead atoms. The SMILES string of the molecule is COC(=O)c1ccc(-n2ccnc2C(=O)OC)c([N+](=O)[O-])c1. The van der Waals surface area contributed by atoms with Gasteiger partial charge >= 0.3 is 11.9 Å². The monoisotopic (exact) mass is 305 g/mol. The van der Waals surface area contributed by atoms with Crippen LogP contribution in [0.4, 0.5) is 5.69 Å². The number of nitro groups is 1. The van der Waals surface area contributed by atoms with E-state index < -0.39 is 16.9 Å². The van der Waals surface area contributed by atoms with Gasteiger partial charge in [0, 0.05) is 18.5 Å². The van der Waals surface area contributed by atoms with Gasteiger partial charge in [0.2, 0.25) is 5.82 Å². The Balaban J connectivity index is 2.61. The molecule has 0 amide bonds. The number of methoxy groups -OCH3 is 2. The average molecular weight is 305 g/mol. The molecule has 0 saturated heterocycles. The van der Waals surface area contributed by atoms with Gasteiger partial charge in [-0.2, -0.15) is 0 Å². The standard InChI is InChI=1S/C13H11N3O6/c1-21-12(17)8-3-4-9(10(7-8)16(19)20)15-6-5-14-11(15)13(18)22-2/h3-7H,1-2H3. The average Bonchev–Trinajstić information content (AvgIpc) is 3.02. The fourth-order valence-corrected chi connectivity index (χ4v) is 1.86. The van der Waals surface area contributed by atoms with Gasteiger partial charge in [-0.1, -0.05) is 0 Å². The Morgan fingerprint density at radius 2 is 1.91 bits per heavy atom. The number of imidazole rings is 1. The summed E-state index contributed by atoms with van der Waals surface area (Å²) < 4.78 is 10.3. The van der Waals surface area contributed by atoms with E-state index in [0.717, 1.165) is 6.07 Å². The molecule has 0 aliphatic carbocycles. The van der Waals surface area contributed by atoms with Crippen molar-refractivity contribution in [3.05, 3.63) is 52.1 Å². The zero-order valence-corrected chi connectivity index (χ0v) is 11.7. The van der Waals surface area contributed by atoms with E-state index in [1.54, 1.807) is 0 Å². The maximum Gasteiger partial charge on any atom is 0.374 e. The molecule has 9 heteroatoms. The van der Waals surface area contributed by atoms with Crippen LogP contribution in [-0.4, -0.2) is 40.6 Å². The van der Waals surface area contributed by atoms with Crippen LogP contribution in [0.25, 0.3) is 5.69 Å². The van der Waals surface area contributed by atoms with E-state index in [1.165, 1.54) is 43.3 Å². The minimum atomic E-state index is -0.739. The lowest BCUT2D eigenvalue weighted by molar-refractivity contribution is -0.384. The molecule has 2 aromatic rings. The van der Waals surface area contributed by atoms with Crippen LogP contribution in [0.15, 0.2) is 30.6 Å². The second-order valence-electron chi connectivity index (χ2n) is 4.06. The van der Waals surface area contributed by atoms with E-state index in [1.807, 2.05) is 0 Å². The number of carbonyl (C=O) groups excluding carboxylic acids is 2. The third-order valence-electron chi connectivity index (χ3n) is 2.86. The highest BCUT2D eigenvalue weighted by atomic mass is 16.6. The van der Waals surface area contributed by atoms with Gasteiger partial charge in [-0.15, -0.1) is 0 Å². The van der Waals surface area contributed by atoms with E-state index in [-0.39, 0.29) is 22.8 Å². The number of benzene rings is 1. The second-order valence-corrected chi connectivity index (χ2v) is 4.06. The molecule has 1 aromatic heterocycles. The van der Waals surface area contributed by atoms with Crippen molar-refractivity contribution in [2.24, 2.45) is 0 Å². The first kappa shape index (κ1) is 15.2. The first-order valence-electron chi connectivity index (χ1n) is 5.98. The number of aromatic nitrogens is 2. The molecule has 0 spiro atoms. The van der Waals surface area contributed by atoms with Gasteiger partial charge in [-0.3, -0.25) is 14.7 Å². The van der Waals surface area contributed by atoms with Gasteiger partial charge < -0.3 is 9.47 Å². The van der Waals surface area contributed by atoms with E-state index in [9.17, 15) is 19.7 Å². The summed E-state index contributed by atoms with van der Waals surface area (Å²) >= 11 is 0. The molecule has 0 radical (unpaired) electrons. The number of rotatable bonds is 4. The third-order valence-corrected chi connectivity index (χ3v) is 2.86. The molecule has 0 atom stereocenters. The summed E-state index contributed by atoms with van der Waals surface area (Å²) in [6, 6.07) is 3.76. The Labute approximate surface area is 124 Å². The fraction of sp³-hybridized carbons (Fsp3) is 0.154. The topological polar surface area (TPSA) is 114 Å². The third kappa shape index (κ3) is 2.64. The van der Waals surface area contributed by atoms with Crippen LogP contribution < -0.4 is 0 Å². The Hall–Kier alpha value is -3.23. The zero-order valence-electron chi connectivity index (χ0n) is 11.7. The van der Waals surface area contributed by atoms with Crippen molar-refractivity contribution >= 4 is 17.6 Å². The smallest absolute Gasteiger partial charge is 0.374 e. The summed E-state index contributed by atoms with van der Waals surface area (Å²) in [5.41, 5.74) is -0.265. The van der Waals surface area contributed by atoms with Crippen LogP contribution in [0, 0.1) is 10.1 Å². The molecule has 114 valence electrons. The molecule has 0 saturated carbocycles. The van der Waals surface area contributed by atoms with Gasteiger partial charge in [-0.25, -0.2) is 14.6 Å². The number of hydrogen-bond acceptors (Lipinski definition) is 7. The number of esters is 2. The Kier molecular flexibility index (Phi) is 4.16. The van der Waals surface area contributed by atoms with Crippen molar-refractivity contribution in [1.82, 2.24) is 9.55 Å². The van der Waals surface area contributed by atoms with Crippen LogP contribution >= 0.6 is 0 Å². The number of nitro benzene ring substituents is 1. The zero-order chi connectivity index (χ0) is 16.3. The maximum absolute atomic E-state index is 11.6. The summed E-state index contributed by atoms with van der Waals surface area (Å²) in [6.07, 6.45) is 2.69.